The molecule has 0 spiro atoms. The van der Waals surface area contributed by atoms with Gasteiger partial charge in [-0.3, -0.25) is 0 Å². The molecular weight excluding hydrogens is 412 g/mol. The van der Waals surface area contributed by atoms with E-state index in [-0.39, 0.29) is 18.8 Å². The summed E-state index contributed by atoms with van der Waals surface area (Å²) in [6, 6.07) is 3.28. The van der Waals surface area contributed by atoms with Crippen molar-refractivity contribution < 1.29 is 19.0 Å². The van der Waals surface area contributed by atoms with Crippen LogP contribution in [0, 0.1) is 13.8 Å². The fourth-order valence-electron chi connectivity index (χ4n) is 3.78. The predicted octanol–water partition coefficient (Wildman–Crippen LogP) is 2.83. The second-order valence-corrected chi connectivity index (χ2v) is 7.89. The van der Waals surface area contributed by atoms with Gasteiger partial charge in [-0.05, 0) is 52.3 Å². The number of methoxy groups -OCH3 is 1. The van der Waals surface area contributed by atoms with Crippen LogP contribution >= 0.6 is 0 Å². The summed E-state index contributed by atoms with van der Waals surface area (Å²) in [5.41, 5.74) is 2.86. The van der Waals surface area contributed by atoms with Crippen molar-refractivity contribution in [3.05, 3.63) is 29.1 Å². The van der Waals surface area contributed by atoms with Crippen LogP contribution in [0.5, 0.6) is 11.6 Å². The van der Waals surface area contributed by atoms with Gasteiger partial charge in [-0.15, -0.1) is 5.10 Å². The molecule has 10 nitrogen and oxygen atoms in total. The summed E-state index contributed by atoms with van der Waals surface area (Å²) in [5.74, 6) is 1.57. The summed E-state index contributed by atoms with van der Waals surface area (Å²) >= 11 is 0. The Morgan fingerprint density at radius 2 is 1.94 bits per heavy atom. The van der Waals surface area contributed by atoms with E-state index in [0.29, 0.717) is 35.3 Å². The molecule has 2 amide bonds. The number of ether oxygens (including phenoxy) is 3. The molecular formula is C22H32N6O4. The minimum absolute atomic E-state index is 0.141. The molecule has 0 bridgehead atoms. The van der Waals surface area contributed by atoms with Crippen molar-refractivity contribution in [2.45, 2.75) is 53.4 Å². The molecule has 1 saturated heterocycles. The number of morpholine rings is 1. The highest BCUT2D eigenvalue weighted by molar-refractivity contribution is 5.91. The fraction of sp³-hybridized carbons (Fsp3) is 0.545. The molecule has 1 fully saturated rings. The summed E-state index contributed by atoms with van der Waals surface area (Å²) in [4.78, 5) is 19.0. The lowest BCUT2D eigenvalue weighted by Gasteiger charge is -2.36. The van der Waals surface area contributed by atoms with Crippen molar-refractivity contribution >= 4 is 17.5 Å². The number of hydrogen-bond acceptors (Lipinski definition) is 8. The highest BCUT2D eigenvalue weighted by atomic mass is 16.5. The molecule has 174 valence electrons. The van der Waals surface area contributed by atoms with Gasteiger partial charge in [0.15, 0.2) is 5.82 Å². The van der Waals surface area contributed by atoms with E-state index >= 15 is 0 Å². The van der Waals surface area contributed by atoms with E-state index in [2.05, 4.69) is 44.6 Å². The van der Waals surface area contributed by atoms with Gasteiger partial charge in [0, 0.05) is 18.8 Å². The Bertz CT molecular complexity index is 944. The Balaban J connectivity index is 1.64. The zero-order valence-corrected chi connectivity index (χ0v) is 19.6. The number of anilines is 2. The highest BCUT2D eigenvalue weighted by Gasteiger charge is 2.24. The minimum atomic E-state index is -0.393. The van der Waals surface area contributed by atoms with Crippen LogP contribution < -0.4 is 25.0 Å². The van der Waals surface area contributed by atoms with Gasteiger partial charge in [0.1, 0.15) is 0 Å². The third kappa shape index (κ3) is 5.76. The number of amides is 2. The van der Waals surface area contributed by atoms with Crippen molar-refractivity contribution in [2.24, 2.45) is 0 Å². The number of aryl methyl sites for hydroxylation is 2. The van der Waals surface area contributed by atoms with E-state index in [0.717, 1.165) is 24.5 Å². The van der Waals surface area contributed by atoms with Crippen LogP contribution in [0.3, 0.4) is 0 Å². The molecule has 1 aliphatic rings. The molecule has 0 radical (unpaired) electrons. The zero-order valence-electron chi connectivity index (χ0n) is 19.6. The molecule has 2 aromatic rings. The lowest BCUT2D eigenvalue weighted by molar-refractivity contribution is -0.00554. The molecule has 2 N–H and O–H groups in total. The van der Waals surface area contributed by atoms with E-state index in [1.807, 2.05) is 26.8 Å². The molecule has 0 saturated carbocycles. The maximum Gasteiger partial charge on any atom is 0.319 e. The molecule has 2 aromatic heterocycles. The van der Waals surface area contributed by atoms with Crippen molar-refractivity contribution in [1.29, 1.82) is 0 Å². The molecule has 2 atom stereocenters. The van der Waals surface area contributed by atoms with E-state index < -0.39 is 6.03 Å². The van der Waals surface area contributed by atoms with Gasteiger partial charge in [0.05, 0.1) is 43.9 Å². The minimum Gasteiger partial charge on any atom is -0.490 e. The van der Waals surface area contributed by atoms with E-state index in [1.165, 1.54) is 7.11 Å². The van der Waals surface area contributed by atoms with Gasteiger partial charge in [-0.25, -0.2) is 9.78 Å². The summed E-state index contributed by atoms with van der Waals surface area (Å²) in [6.07, 6.45) is 0.282. The van der Waals surface area contributed by atoms with Crippen molar-refractivity contribution in [3.8, 4) is 11.6 Å². The highest BCUT2D eigenvalue weighted by Crippen LogP contribution is 2.34. The van der Waals surface area contributed by atoms with Crippen LogP contribution in [0.1, 0.15) is 37.7 Å². The zero-order chi connectivity index (χ0) is 23.3. The first-order chi connectivity index (χ1) is 15.3. The summed E-state index contributed by atoms with van der Waals surface area (Å²) in [6.45, 7) is 12.0. The molecule has 3 rings (SSSR count). The summed E-state index contributed by atoms with van der Waals surface area (Å²) in [5, 5.41) is 14.3. The average Bonchev–Trinajstić information content (AvgIpc) is 2.71. The Morgan fingerprint density at radius 1 is 1.22 bits per heavy atom. The summed E-state index contributed by atoms with van der Waals surface area (Å²) in [7, 11) is 1.51. The predicted molar refractivity (Wildman–Crippen MR) is 122 cm³/mol. The number of aromatic nitrogens is 3. The van der Waals surface area contributed by atoms with Gasteiger partial charge in [0.25, 0.3) is 5.88 Å². The number of pyridine rings is 1. The number of nitrogens with zero attached hydrogens (tertiary/aromatic N) is 4. The third-order valence-electron chi connectivity index (χ3n) is 4.96. The maximum atomic E-state index is 12.5. The maximum absolute atomic E-state index is 12.5. The molecule has 0 aliphatic carbocycles. The molecule has 3 heterocycles. The molecule has 10 heteroatoms. The van der Waals surface area contributed by atoms with E-state index in [9.17, 15) is 4.79 Å². The Hall–Kier alpha value is -3.14. The first kappa shape index (κ1) is 23.5. The largest absolute Gasteiger partial charge is 0.490 e. The number of nitrogens with one attached hydrogen (secondary N) is 2. The van der Waals surface area contributed by atoms with Gasteiger partial charge in [-0.2, -0.15) is 5.10 Å². The van der Waals surface area contributed by atoms with E-state index in [1.54, 1.807) is 6.07 Å². The SMILES string of the molecule is CCOc1nc(C)cc(NC(=O)NCc2cc(C)c(N3CC(C)OC(C)C3)nn2)c1OC. The number of carbonyl (C=O) groups is 1. The van der Waals surface area contributed by atoms with Gasteiger partial charge in [-0.1, -0.05) is 0 Å². The smallest absolute Gasteiger partial charge is 0.319 e. The van der Waals surface area contributed by atoms with Gasteiger partial charge < -0.3 is 29.7 Å². The Kier molecular flexibility index (Phi) is 7.68. The van der Waals surface area contributed by atoms with E-state index in [4.69, 9.17) is 14.2 Å². The first-order valence-electron chi connectivity index (χ1n) is 10.8. The number of rotatable bonds is 7. The van der Waals surface area contributed by atoms with Gasteiger partial charge >= 0.3 is 6.03 Å². The number of hydrogen-bond donors (Lipinski definition) is 2. The normalized spacial score (nSPS) is 18.2. The van der Waals surface area contributed by atoms with Crippen LogP contribution in [-0.4, -0.2) is 60.2 Å². The topological polar surface area (TPSA) is 111 Å². The van der Waals surface area contributed by atoms with Crippen LogP contribution in [0.2, 0.25) is 0 Å². The Labute approximate surface area is 188 Å². The number of urea groups is 1. The molecule has 0 aromatic carbocycles. The van der Waals surface area contributed by atoms with Crippen molar-refractivity contribution in [1.82, 2.24) is 20.5 Å². The quantitative estimate of drug-likeness (QED) is 0.671. The van der Waals surface area contributed by atoms with Crippen LogP contribution in [0.25, 0.3) is 0 Å². The van der Waals surface area contributed by atoms with Crippen molar-refractivity contribution in [2.75, 3.05) is 37.0 Å². The van der Waals surface area contributed by atoms with Crippen molar-refractivity contribution in [3.63, 3.8) is 0 Å². The first-order valence-corrected chi connectivity index (χ1v) is 10.8. The lowest BCUT2D eigenvalue weighted by Crippen LogP contribution is -2.46. The monoisotopic (exact) mass is 444 g/mol. The summed E-state index contributed by atoms with van der Waals surface area (Å²) < 4.78 is 16.7. The van der Waals surface area contributed by atoms with Gasteiger partial charge in [0.2, 0.25) is 5.75 Å². The van der Waals surface area contributed by atoms with Crippen LogP contribution in [-0.2, 0) is 11.3 Å². The van der Waals surface area contributed by atoms with Crippen LogP contribution in [0.15, 0.2) is 12.1 Å². The third-order valence-corrected chi connectivity index (χ3v) is 4.96. The Morgan fingerprint density at radius 3 is 2.56 bits per heavy atom. The average molecular weight is 445 g/mol. The number of carbonyl (C=O) groups excluding carboxylic acids is 1. The molecule has 32 heavy (non-hydrogen) atoms. The van der Waals surface area contributed by atoms with Crippen LogP contribution in [0.4, 0.5) is 16.3 Å². The second-order valence-electron chi connectivity index (χ2n) is 7.89. The fourth-order valence-corrected chi connectivity index (χ4v) is 3.78. The molecule has 1 aliphatic heterocycles. The standard InChI is InChI=1S/C22H32N6O4/c1-7-31-21-19(30-6)18(9-14(3)24-21)25-22(29)23-10-17-8-13(2)20(27-26-17)28-11-15(4)32-16(5)12-28/h8-9,15-16H,7,10-12H2,1-6H3,(H2,23,24,25,29). The molecule has 2 unspecified atom stereocenters. The second kappa shape index (κ2) is 10.4. The lowest BCUT2D eigenvalue weighted by atomic mass is 10.2.